The number of aliphatic carboxylic acids is 1. The van der Waals surface area contributed by atoms with Gasteiger partial charge < -0.3 is 5.11 Å². The van der Waals surface area contributed by atoms with E-state index in [1.165, 1.54) is 16.7 Å². The molecule has 1 aromatic heterocycles. The van der Waals surface area contributed by atoms with Crippen LogP contribution in [0.1, 0.15) is 12.8 Å². The summed E-state index contributed by atoms with van der Waals surface area (Å²) in [6.45, 7) is 0.270. The van der Waals surface area contributed by atoms with Gasteiger partial charge in [0.05, 0.1) is 10.6 Å². The average Bonchev–Trinajstić information content (AvgIpc) is 2.80. The highest BCUT2D eigenvalue weighted by atomic mass is 32.1. The number of nitro groups is 1. The number of hydrogen-bond donors (Lipinski definition) is 1. The Kier molecular flexibility index (Phi) is 4.49. The molecule has 1 aromatic carbocycles. The molecule has 1 heterocycles. The standard InChI is InChI=1S/C13H12N2O5S/c16-12(17)5-2-6-14-11(8-21-13(14)18)9-3-1-4-10(7-9)15(19)20/h1,3-4,7-8H,2,5-6H2,(H,16,17). The van der Waals surface area contributed by atoms with Gasteiger partial charge in [-0.2, -0.15) is 0 Å². The molecule has 0 radical (unpaired) electrons. The van der Waals surface area contributed by atoms with Crippen LogP contribution in [0.2, 0.25) is 0 Å². The van der Waals surface area contributed by atoms with Crippen molar-refractivity contribution in [1.29, 1.82) is 0 Å². The fourth-order valence-electron chi connectivity index (χ4n) is 1.93. The molecule has 110 valence electrons. The summed E-state index contributed by atoms with van der Waals surface area (Å²) in [5.41, 5.74) is 1.08. The second-order valence-electron chi connectivity index (χ2n) is 4.34. The van der Waals surface area contributed by atoms with Crippen LogP contribution >= 0.6 is 11.3 Å². The number of nitro benzene ring substituents is 1. The number of thiazole rings is 1. The van der Waals surface area contributed by atoms with Crippen molar-refractivity contribution in [3.05, 3.63) is 49.4 Å². The van der Waals surface area contributed by atoms with E-state index >= 15 is 0 Å². The van der Waals surface area contributed by atoms with E-state index in [9.17, 15) is 19.7 Å². The van der Waals surface area contributed by atoms with Crippen LogP contribution in [0.15, 0.2) is 34.4 Å². The molecule has 0 atom stereocenters. The van der Waals surface area contributed by atoms with Crippen LogP contribution in [0, 0.1) is 10.1 Å². The first-order chi connectivity index (χ1) is 9.99. The third-order valence-corrected chi connectivity index (χ3v) is 3.67. The minimum Gasteiger partial charge on any atom is -0.481 e. The van der Waals surface area contributed by atoms with Crippen LogP contribution in [-0.4, -0.2) is 20.6 Å². The highest BCUT2D eigenvalue weighted by Gasteiger charge is 2.13. The van der Waals surface area contributed by atoms with Crippen LogP contribution in [-0.2, 0) is 11.3 Å². The Morgan fingerprint density at radius 1 is 1.43 bits per heavy atom. The Bertz CT molecular complexity index is 734. The smallest absolute Gasteiger partial charge is 0.307 e. The van der Waals surface area contributed by atoms with E-state index in [1.807, 2.05) is 0 Å². The zero-order valence-electron chi connectivity index (χ0n) is 10.9. The summed E-state index contributed by atoms with van der Waals surface area (Å²) in [5.74, 6) is -0.921. The van der Waals surface area contributed by atoms with E-state index in [0.717, 1.165) is 11.3 Å². The molecule has 0 bridgehead atoms. The molecule has 2 rings (SSSR count). The Morgan fingerprint density at radius 2 is 2.19 bits per heavy atom. The molecule has 21 heavy (non-hydrogen) atoms. The van der Waals surface area contributed by atoms with Gasteiger partial charge in [-0.25, -0.2) is 0 Å². The van der Waals surface area contributed by atoms with Crippen molar-refractivity contribution >= 4 is 23.0 Å². The molecule has 0 spiro atoms. The van der Waals surface area contributed by atoms with Crippen molar-refractivity contribution in [2.24, 2.45) is 0 Å². The highest BCUT2D eigenvalue weighted by molar-refractivity contribution is 7.07. The Labute approximate surface area is 123 Å². The van der Waals surface area contributed by atoms with Crippen LogP contribution in [0.3, 0.4) is 0 Å². The lowest BCUT2D eigenvalue weighted by Crippen LogP contribution is -2.15. The van der Waals surface area contributed by atoms with Gasteiger partial charge in [0, 0.05) is 36.0 Å². The molecule has 0 saturated carbocycles. The van der Waals surface area contributed by atoms with E-state index in [2.05, 4.69) is 0 Å². The van der Waals surface area contributed by atoms with Gasteiger partial charge in [0.2, 0.25) is 0 Å². The first-order valence-corrected chi connectivity index (χ1v) is 7.02. The summed E-state index contributed by atoms with van der Waals surface area (Å²) in [6.07, 6.45) is 0.296. The van der Waals surface area contributed by atoms with Gasteiger partial charge in [-0.05, 0) is 6.42 Å². The van der Waals surface area contributed by atoms with E-state index in [-0.39, 0.29) is 23.5 Å². The van der Waals surface area contributed by atoms with Gasteiger partial charge >= 0.3 is 10.8 Å². The van der Waals surface area contributed by atoms with Crippen LogP contribution in [0.4, 0.5) is 5.69 Å². The maximum absolute atomic E-state index is 11.8. The third-order valence-electron chi connectivity index (χ3n) is 2.91. The van der Waals surface area contributed by atoms with Crippen LogP contribution in [0.25, 0.3) is 11.3 Å². The summed E-state index contributed by atoms with van der Waals surface area (Å²) >= 11 is 0.989. The van der Waals surface area contributed by atoms with Crippen molar-refractivity contribution in [3.63, 3.8) is 0 Å². The molecular formula is C13H12N2O5S. The molecule has 0 amide bonds. The molecule has 7 nitrogen and oxygen atoms in total. The quantitative estimate of drug-likeness (QED) is 0.651. The van der Waals surface area contributed by atoms with E-state index in [0.29, 0.717) is 17.7 Å². The molecule has 2 aromatic rings. The van der Waals surface area contributed by atoms with Crippen molar-refractivity contribution in [2.75, 3.05) is 0 Å². The lowest BCUT2D eigenvalue weighted by Gasteiger charge is -2.06. The minimum absolute atomic E-state index is 0.0311. The zero-order valence-corrected chi connectivity index (χ0v) is 11.7. The molecule has 8 heteroatoms. The topological polar surface area (TPSA) is 102 Å². The van der Waals surface area contributed by atoms with E-state index < -0.39 is 10.9 Å². The van der Waals surface area contributed by atoms with E-state index in [4.69, 9.17) is 5.11 Å². The Balaban J connectivity index is 2.32. The first-order valence-electron chi connectivity index (χ1n) is 6.14. The normalized spacial score (nSPS) is 10.5. The van der Waals surface area contributed by atoms with Crippen LogP contribution in [0.5, 0.6) is 0 Å². The van der Waals surface area contributed by atoms with Gasteiger partial charge in [-0.1, -0.05) is 23.5 Å². The largest absolute Gasteiger partial charge is 0.481 e. The molecule has 0 aliphatic rings. The summed E-state index contributed by atoms with van der Waals surface area (Å²) in [5, 5.41) is 21.1. The lowest BCUT2D eigenvalue weighted by molar-refractivity contribution is -0.384. The van der Waals surface area contributed by atoms with E-state index in [1.54, 1.807) is 17.5 Å². The molecule has 0 aliphatic carbocycles. The van der Waals surface area contributed by atoms with Gasteiger partial charge in [0.15, 0.2) is 0 Å². The Hall–Kier alpha value is -2.48. The van der Waals surface area contributed by atoms with Gasteiger partial charge in [-0.3, -0.25) is 24.3 Å². The second kappa shape index (κ2) is 6.31. The maximum Gasteiger partial charge on any atom is 0.307 e. The van der Waals surface area contributed by atoms with Crippen LogP contribution < -0.4 is 4.87 Å². The number of aromatic nitrogens is 1. The number of carboxylic acids is 1. The van der Waals surface area contributed by atoms with Gasteiger partial charge in [0.1, 0.15) is 0 Å². The highest BCUT2D eigenvalue weighted by Crippen LogP contribution is 2.24. The predicted molar refractivity (Wildman–Crippen MR) is 77.5 cm³/mol. The summed E-state index contributed by atoms with van der Waals surface area (Å²) < 4.78 is 1.45. The number of rotatable bonds is 6. The summed E-state index contributed by atoms with van der Waals surface area (Å²) in [4.78, 5) is 32.4. The predicted octanol–water partition coefficient (Wildman–Crippen LogP) is 2.35. The zero-order chi connectivity index (χ0) is 15.4. The fraction of sp³-hybridized carbons (Fsp3) is 0.231. The number of carbonyl (C=O) groups is 1. The first kappa shape index (κ1) is 14.9. The number of nitrogens with zero attached hydrogens (tertiary/aromatic N) is 2. The van der Waals surface area contributed by atoms with Gasteiger partial charge in [0.25, 0.3) is 5.69 Å². The Morgan fingerprint density at radius 3 is 2.86 bits per heavy atom. The van der Waals surface area contributed by atoms with Crippen molar-refractivity contribution in [2.45, 2.75) is 19.4 Å². The number of benzene rings is 1. The number of hydrogen-bond acceptors (Lipinski definition) is 5. The number of carboxylic acid groups (broad SMARTS) is 1. The van der Waals surface area contributed by atoms with Crippen molar-refractivity contribution in [1.82, 2.24) is 4.57 Å². The summed E-state index contributed by atoms with van der Waals surface area (Å²) in [7, 11) is 0. The molecule has 0 unspecified atom stereocenters. The third kappa shape index (κ3) is 3.54. The monoisotopic (exact) mass is 308 g/mol. The molecule has 0 fully saturated rings. The van der Waals surface area contributed by atoms with Crippen molar-refractivity contribution < 1.29 is 14.8 Å². The number of non-ortho nitro benzene ring substituents is 1. The fourth-order valence-corrected chi connectivity index (χ4v) is 2.73. The van der Waals surface area contributed by atoms with Crippen molar-refractivity contribution in [3.8, 4) is 11.3 Å². The SMILES string of the molecule is O=C(O)CCCn1c(-c2cccc([N+](=O)[O-])c2)csc1=O. The molecule has 0 aliphatic heterocycles. The molecule has 1 N–H and O–H groups in total. The summed E-state index contributed by atoms with van der Waals surface area (Å²) in [6, 6.07) is 6.01. The second-order valence-corrected chi connectivity index (χ2v) is 5.16. The lowest BCUT2D eigenvalue weighted by atomic mass is 10.1. The maximum atomic E-state index is 11.8. The molecular weight excluding hydrogens is 296 g/mol. The molecule has 0 saturated heterocycles. The average molecular weight is 308 g/mol. The minimum atomic E-state index is -0.921. The van der Waals surface area contributed by atoms with Gasteiger partial charge in [-0.15, -0.1) is 0 Å².